The molecule has 8 nitrogen and oxygen atoms in total. The number of aromatic nitrogens is 3. The smallest absolute Gasteiger partial charge is 0.227 e. The number of rotatable bonds is 10. The Morgan fingerprint density at radius 1 is 0.976 bits per heavy atom. The number of nitrogens with zero attached hydrogens (tertiary/aromatic N) is 5. The van der Waals surface area contributed by atoms with E-state index in [1.165, 1.54) is 18.9 Å². The normalized spacial score (nSPS) is 15.4. The van der Waals surface area contributed by atoms with Crippen LogP contribution in [0.2, 0.25) is 5.02 Å². The molecule has 0 aliphatic carbocycles. The summed E-state index contributed by atoms with van der Waals surface area (Å²) in [4.78, 5) is 19.8. The Kier molecular flexibility index (Phi) is 8.50. The van der Waals surface area contributed by atoms with E-state index >= 15 is 0 Å². The van der Waals surface area contributed by atoms with Crippen molar-refractivity contribution in [1.82, 2.24) is 19.9 Å². The van der Waals surface area contributed by atoms with Crippen molar-refractivity contribution >= 4 is 39.7 Å². The summed E-state index contributed by atoms with van der Waals surface area (Å²) in [7, 11) is 1.60. The molecule has 2 aliphatic heterocycles. The molecule has 2 aromatic carbocycles. The van der Waals surface area contributed by atoms with Gasteiger partial charge in [0.25, 0.3) is 0 Å². The van der Waals surface area contributed by atoms with E-state index in [4.69, 9.17) is 31.0 Å². The standard InChI is InChI=1S/C30H32ClFN6O2S/c1-39-26-18-20(6-8-22(26)31)27-28(41-30(36-27)38-14-4-5-15-38)24-10-11-33-29(35-24)34-21-7-9-25(23(32)19-21)40-17-16-37-12-2-3-13-37/h6-11,18-19H,2-5,12-17H2,1H3,(H,33,34,35). The molecule has 0 amide bonds. The molecule has 214 valence electrons. The molecule has 0 saturated carbocycles. The Bertz CT molecular complexity index is 1510. The number of ether oxygens (including phenoxy) is 2. The van der Waals surface area contributed by atoms with E-state index in [1.54, 1.807) is 36.8 Å². The van der Waals surface area contributed by atoms with Crippen molar-refractivity contribution in [1.29, 1.82) is 0 Å². The highest BCUT2D eigenvalue weighted by molar-refractivity contribution is 7.19. The van der Waals surface area contributed by atoms with Crippen LogP contribution in [0.3, 0.4) is 0 Å². The van der Waals surface area contributed by atoms with E-state index < -0.39 is 5.82 Å². The SMILES string of the molecule is COc1cc(-c2nc(N3CCCC3)sc2-c2ccnc(Nc3ccc(OCCN4CCCC4)c(F)c3)n2)ccc1Cl. The van der Waals surface area contributed by atoms with Gasteiger partial charge in [-0.2, -0.15) is 0 Å². The van der Waals surface area contributed by atoms with Gasteiger partial charge in [-0.3, -0.25) is 4.90 Å². The largest absolute Gasteiger partial charge is 0.495 e. The first-order valence-corrected chi connectivity index (χ1v) is 15.1. The molecule has 2 saturated heterocycles. The van der Waals surface area contributed by atoms with E-state index in [0.29, 0.717) is 29.0 Å². The van der Waals surface area contributed by atoms with Gasteiger partial charge >= 0.3 is 0 Å². The van der Waals surface area contributed by atoms with Gasteiger partial charge in [0.15, 0.2) is 16.7 Å². The zero-order valence-corrected chi connectivity index (χ0v) is 24.5. The maximum atomic E-state index is 14.8. The number of hydrogen-bond donors (Lipinski definition) is 1. The van der Waals surface area contributed by atoms with Crippen molar-refractivity contribution in [2.45, 2.75) is 25.7 Å². The molecule has 0 radical (unpaired) electrons. The molecule has 6 rings (SSSR count). The summed E-state index contributed by atoms with van der Waals surface area (Å²) >= 11 is 7.90. The molecular formula is C30H32ClFN6O2S. The van der Waals surface area contributed by atoms with Crippen LogP contribution in [0, 0.1) is 5.82 Å². The lowest BCUT2D eigenvalue weighted by Crippen LogP contribution is -2.25. The number of likely N-dealkylation sites (tertiary alicyclic amines) is 1. The second-order valence-electron chi connectivity index (χ2n) is 10.2. The third-order valence-corrected chi connectivity index (χ3v) is 8.81. The summed E-state index contributed by atoms with van der Waals surface area (Å²) in [6.45, 7) is 5.41. The van der Waals surface area contributed by atoms with Crippen molar-refractivity contribution in [2.24, 2.45) is 0 Å². The molecule has 4 aromatic rings. The maximum Gasteiger partial charge on any atom is 0.227 e. The highest BCUT2D eigenvalue weighted by atomic mass is 35.5. The van der Waals surface area contributed by atoms with Crippen LogP contribution < -0.4 is 19.7 Å². The molecule has 0 atom stereocenters. The van der Waals surface area contributed by atoms with Gasteiger partial charge in [-0.25, -0.2) is 19.3 Å². The summed E-state index contributed by atoms with van der Waals surface area (Å²) in [6.07, 6.45) is 6.44. The van der Waals surface area contributed by atoms with Crippen LogP contribution in [0.4, 0.5) is 21.2 Å². The molecule has 4 heterocycles. The molecule has 2 fully saturated rings. The van der Waals surface area contributed by atoms with E-state index in [0.717, 1.165) is 72.5 Å². The molecule has 11 heteroatoms. The first-order valence-electron chi connectivity index (χ1n) is 13.9. The van der Waals surface area contributed by atoms with Gasteiger partial charge in [0.05, 0.1) is 28.4 Å². The van der Waals surface area contributed by atoms with Crippen molar-refractivity contribution in [3.05, 3.63) is 59.5 Å². The van der Waals surface area contributed by atoms with Crippen LogP contribution in [0.1, 0.15) is 25.7 Å². The molecule has 2 aromatic heterocycles. The van der Waals surface area contributed by atoms with Crippen molar-refractivity contribution in [3.8, 4) is 33.3 Å². The molecular weight excluding hydrogens is 563 g/mol. The fraction of sp³-hybridized carbons (Fsp3) is 0.367. The van der Waals surface area contributed by atoms with Gasteiger partial charge in [-0.1, -0.05) is 29.0 Å². The Balaban J connectivity index is 1.23. The number of halogens is 2. The van der Waals surface area contributed by atoms with Crippen molar-refractivity contribution < 1.29 is 13.9 Å². The summed E-state index contributed by atoms with van der Waals surface area (Å²) in [5.41, 5.74) is 2.95. The fourth-order valence-corrected chi connectivity index (χ4v) is 6.49. The van der Waals surface area contributed by atoms with Crippen molar-refractivity contribution in [3.63, 3.8) is 0 Å². The van der Waals surface area contributed by atoms with Crippen LogP contribution in [-0.2, 0) is 0 Å². The average molecular weight is 595 g/mol. The minimum Gasteiger partial charge on any atom is -0.495 e. The van der Waals surface area contributed by atoms with Gasteiger partial charge in [0.1, 0.15) is 12.4 Å². The first kappa shape index (κ1) is 27.7. The maximum absolute atomic E-state index is 14.8. The van der Waals surface area contributed by atoms with E-state index in [1.807, 2.05) is 24.3 Å². The zero-order chi connectivity index (χ0) is 28.2. The summed E-state index contributed by atoms with van der Waals surface area (Å²) in [5.74, 6) is 0.762. The Morgan fingerprint density at radius 3 is 2.56 bits per heavy atom. The number of nitrogens with one attached hydrogen (secondary N) is 1. The van der Waals surface area contributed by atoms with E-state index in [2.05, 4.69) is 20.1 Å². The van der Waals surface area contributed by atoms with Gasteiger partial charge in [0.2, 0.25) is 5.95 Å². The van der Waals surface area contributed by atoms with Crippen LogP contribution in [0.25, 0.3) is 21.8 Å². The predicted octanol–water partition coefficient (Wildman–Crippen LogP) is 6.89. The van der Waals surface area contributed by atoms with Gasteiger partial charge in [-0.05, 0) is 69.1 Å². The zero-order valence-electron chi connectivity index (χ0n) is 22.9. The lowest BCUT2D eigenvalue weighted by molar-refractivity contribution is 0.231. The van der Waals surface area contributed by atoms with Crippen LogP contribution in [-0.4, -0.2) is 66.3 Å². The second kappa shape index (κ2) is 12.6. The number of thiazole rings is 1. The highest BCUT2D eigenvalue weighted by Crippen LogP contribution is 2.42. The Labute approximate surface area is 248 Å². The molecule has 2 aliphatic rings. The topological polar surface area (TPSA) is 75.6 Å². The molecule has 0 spiro atoms. The predicted molar refractivity (Wildman–Crippen MR) is 162 cm³/mol. The van der Waals surface area contributed by atoms with Crippen LogP contribution in [0.5, 0.6) is 11.5 Å². The average Bonchev–Trinajstić information content (AvgIpc) is 3.77. The third kappa shape index (κ3) is 6.39. The molecule has 0 unspecified atom stereocenters. The third-order valence-electron chi connectivity index (χ3n) is 7.36. The summed E-state index contributed by atoms with van der Waals surface area (Å²) in [5, 5.41) is 4.63. The highest BCUT2D eigenvalue weighted by Gasteiger charge is 2.23. The number of methoxy groups -OCH3 is 1. The number of anilines is 3. The lowest BCUT2D eigenvalue weighted by Gasteiger charge is -2.15. The minimum atomic E-state index is -0.427. The first-order chi connectivity index (χ1) is 20.1. The van der Waals surface area contributed by atoms with Crippen molar-refractivity contribution in [2.75, 3.05) is 56.7 Å². The van der Waals surface area contributed by atoms with Crippen LogP contribution in [0.15, 0.2) is 48.7 Å². The fourth-order valence-electron chi connectivity index (χ4n) is 5.19. The monoisotopic (exact) mass is 594 g/mol. The van der Waals surface area contributed by atoms with Crippen LogP contribution >= 0.6 is 22.9 Å². The number of hydrogen-bond acceptors (Lipinski definition) is 9. The molecule has 0 bridgehead atoms. The summed E-state index contributed by atoms with van der Waals surface area (Å²) in [6, 6.07) is 12.3. The molecule has 41 heavy (non-hydrogen) atoms. The van der Waals surface area contributed by atoms with Gasteiger partial charge in [0, 0.05) is 43.1 Å². The Morgan fingerprint density at radius 2 is 1.78 bits per heavy atom. The van der Waals surface area contributed by atoms with E-state index in [9.17, 15) is 4.39 Å². The molecule has 1 N–H and O–H groups in total. The number of benzene rings is 2. The van der Waals surface area contributed by atoms with Gasteiger partial charge in [-0.15, -0.1) is 0 Å². The Hall–Kier alpha value is -3.47. The quantitative estimate of drug-likeness (QED) is 0.213. The second-order valence-corrected chi connectivity index (χ2v) is 11.5. The van der Waals surface area contributed by atoms with Gasteiger partial charge < -0.3 is 19.7 Å². The lowest BCUT2D eigenvalue weighted by atomic mass is 10.1. The van der Waals surface area contributed by atoms with E-state index in [-0.39, 0.29) is 5.75 Å². The summed E-state index contributed by atoms with van der Waals surface area (Å²) < 4.78 is 26.0. The minimum absolute atomic E-state index is 0.242.